The Hall–Kier alpha value is -4.70. The molecule has 0 unspecified atom stereocenters. The molecule has 0 amide bonds. The molecule has 5 rings (SSSR count). The van der Waals surface area contributed by atoms with Crippen molar-refractivity contribution in [2.45, 2.75) is 36.0 Å². The number of hydrogen-bond donors (Lipinski definition) is 1. The molecule has 0 fully saturated rings. The Morgan fingerprint density at radius 1 is 0.927 bits per heavy atom. The summed E-state index contributed by atoms with van der Waals surface area (Å²) in [5.41, 5.74) is 0.897. The Labute approximate surface area is 237 Å². The number of fused-ring (bicyclic) bond motifs is 1. The fourth-order valence-electron chi connectivity index (χ4n) is 4.87. The number of nitrogens with zero attached hydrogens (tertiary/aromatic N) is 3. The highest BCUT2D eigenvalue weighted by atomic mass is 32.2. The molecule has 2 aromatic heterocycles. The number of aromatic nitrogens is 3. The van der Waals surface area contributed by atoms with Crippen molar-refractivity contribution in [2.24, 2.45) is 0 Å². The van der Waals surface area contributed by atoms with Crippen LogP contribution in [0.1, 0.15) is 25.6 Å². The molecule has 0 atom stereocenters. The largest absolute Gasteiger partial charge is 0.494 e. The predicted octanol–water partition coefficient (Wildman–Crippen LogP) is 5.35. The van der Waals surface area contributed by atoms with E-state index in [0.29, 0.717) is 24.3 Å². The SMILES string of the molecule is CCCCc1nc(=O)c(S(=O)(=O)c2ccc(-c3cccc4cnccc34)cc2)c(O)n1-c1c(OC)cccc1OC. The molecular weight excluding hydrogens is 542 g/mol. The second-order valence-corrected chi connectivity index (χ2v) is 11.3. The first-order valence-corrected chi connectivity index (χ1v) is 14.5. The summed E-state index contributed by atoms with van der Waals surface area (Å²) in [5, 5.41) is 13.4. The molecule has 0 saturated heterocycles. The summed E-state index contributed by atoms with van der Waals surface area (Å²) in [6.45, 7) is 1.98. The van der Waals surface area contributed by atoms with Crippen molar-refractivity contribution in [2.75, 3.05) is 14.2 Å². The van der Waals surface area contributed by atoms with Crippen molar-refractivity contribution in [1.29, 1.82) is 0 Å². The number of methoxy groups -OCH3 is 2. The van der Waals surface area contributed by atoms with Gasteiger partial charge in [0.05, 0.1) is 19.1 Å². The van der Waals surface area contributed by atoms with E-state index < -0.39 is 26.2 Å². The van der Waals surface area contributed by atoms with Gasteiger partial charge >= 0.3 is 0 Å². The highest BCUT2D eigenvalue weighted by molar-refractivity contribution is 7.91. The van der Waals surface area contributed by atoms with Crippen molar-refractivity contribution in [1.82, 2.24) is 14.5 Å². The topological polar surface area (TPSA) is 121 Å². The summed E-state index contributed by atoms with van der Waals surface area (Å²) in [6, 6.07) is 18.9. The third kappa shape index (κ3) is 5.02. The lowest BCUT2D eigenvalue weighted by molar-refractivity contribution is 0.374. The summed E-state index contributed by atoms with van der Waals surface area (Å²) in [5.74, 6) is 0.0445. The maximum atomic E-state index is 13.9. The fraction of sp³-hybridized carbons (Fsp3) is 0.194. The van der Waals surface area contributed by atoms with Crippen LogP contribution >= 0.6 is 0 Å². The molecule has 0 aliphatic rings. The normalized spacial score (nSPS) is 11.5. The smallest absolute Gasteiger partial charge is 0.296 e. The number of ether oxygens (including phenoxy) is 2. The van der Waals surface area contributed by atoms with Gasteiger partial charge in [0, 0.05) is 24.2 Å². The summed E-state index contributed by atoms with van der Waals surface area (Å²) in [7, 11) is -1.59. The number of hydrogen-bond acceptors (Lipinski definition) is 8. The van der Waals surface area contributed by atoms with E-state index in [-0.39, 0.29) is 16.4 Å². The molecule has 41 heavy (non-hydrogen) atoms. The zero-order chi connectivity index (χ0) is 29.1. The number of pyridine rings is 1. The van der Waals surface area contributed by atoms with E-state index in [1.54, 1.807) is 42.7 Å². The second-order valence-electron chi connectivity index (χ2n) is 9.37. The van der Waals surface area contributed by atoms with Gasteiger partial charge in [-0.15, -0.1) is 0 Å². The minimum absolute atomic E-state index is 0.155. The molecule has 5 aromatic rings. The molecule has 2 heterocycles. The minimum Gasteiger partial charge on any atom is -0.494 e. The Morgan fingerprint density at radius 3 is 2.27 bits per heavy atom. The third-order valence-corrected chi connectivity index (χ3v) is 8.69. The van der Waals surface area contributed by atoms with E-state index in [0.717, 1.165) is 28.3 Å². The van der Waals surface area contributed by atoms with Gasteiger partial charge in [-0.3, -0.25) is 14.3 Å². The van der Waals surface area contributed by atoms with Crippen molar-refractivity contribution in [3.05, 3.63) is 95.3 Å². The number of rotatable bonds is 9. The Kier molecular flexibility index (Phi) is 7.76. The number of aromatic hydroxyl groups is 1. The standard InChI is InChI=1S/C31H29N3O6S/c1-4-5-12-27-33-30(35)29(31(36)34(27)28-25(39-2)10-7-11-26(28)40-3)41(37,38)22-15-13-20(14-16-22)23-9-6-8-21-19-32-18-17-24(21)23/h6-11,13-19,36H,4-5,12H2,1-3H3. The van der Waals surface area contributed by atoms with Gasteiger partial charge in [-0.05, 0) is 53.3 Å². The number of aryl methyl sites for hydroxylation is 1. The van der Waals surface area contributed by atoms with Crippen LogP contribution in [0.5, 0.6) is 17.4 Å². The summed E-state index contributed by atoms with van der Waals surface area (Å²) in [6.07, 6.45) is 5.22. The lowest BCUT2D eigenvalue weighted by atomic mass is 10.00. The maximum absolute atomic E-state index is 13.9. The van der Waals surface area contributed by atoms with E-state index in [1.165, 1.54) is 30.9 Å². The van der Waals surface area contributed by atoms with Crippen LogP contribution < -0.4 is 15.0 Å². The van der Waals surface area contributed by atoms with Crippen LogP contribution in [0.15, 0.2) is 93.7 Å². The quantitative estimate of drug-likeness (QED) is 0.252. The molecule has 0 spiro atoms. The van der Waals surface area contributed by atoms with Crippen LogP contribution in [0.3, 0.4) is 0 Å². The van der Waals surface area contributed by atoms with Gasteiger partial charge in [-0.25, -0.2) is 8.42 Å². The second kappa shape index (κ2) is 11.4. The van der Waals surface area contributed by atoms with Gasteiger partial charge in [-0.2, -0.15) is 4.98 Å². The third-order valence-electron chi connectivity index (χ3n) is 6.90. The molecule has 0 aliphatic heterocycles. The molecule has 210 valence electrons. The number of benzene rings is 3. The molecule has 0 radical (unpaired) electrons. The molecule has 9 nitrogen and oxygen atoms in total. The maximum Gasteiger partial charge on any atom is 0.296 e. The first-order chi connectivity index (χ1) is 19.8. The molecule has 1 N–H and O–H groups in total. The summed E-state index contributed by atoms with van der Waals surface area (Å²) in [4.78, 5) is 20.6. The first kappa shape index (κ1) is 27.9. The van der Waals surface area contributed by atoms with Crippen LogP contribution in [0.2, 0.25) is 0 Å². The van der Waals surface area contributed by atoms with Crippen LogP contribution in [0.4, 0.5) is 0 Å². The van der Waals surface area contributed by atoms with Gasteiger partial charge in [0.25, 0.3) is 5.56 Å². The van der Waals surface area contributed by atoms with E-state index in [4.69, 9.17) is 9.47 Å². The van der Waals surface area contributed by atoms with Crippen molar-refractivity contribution in [3.63, 3.8) is 0 Å². The molecular formula is C31H29N3O6S. The monoisotopic (exact) mass is 571 g/mol. The van der Waals surface area contributed by atoms with Crippen LogP contribution in [0, 0.1) is 0 Å². The highest BCUT2D eigenvalue weighted by Gasteiger charge is 2.31. The van der Waals surface area contributed by atoms with Crippen LogP contribution in [-0.2, 0) is 16.3 Å². The van der Waals surface area contributed by atoms with Crippen molar-refractivity contribution < 1.29 is 23.0 Å². The summed E-state index contributed by atoms with van der Waals surface area (Å²) >= 11 is 0. The Morgan fingerprint density at radius 2 is 1.61 bits per heavy atom. The van der Waals surface area contributed by atoms with E-state index in [1.807, 2.05) is 31.2 Å². The molecule has 0 saturated carbocycles. The van der Waals surface area contributed by atoms with E-state index in [2.05, 4.69) is 9.97 Å². The van der Waals surface area contributed by atoms with Gasteiger partial charge in [-0.1, -0.05) is 49.7 Å². The molecule has 0 aliphatic carbocycles. The van der Waals surface area contributed by atoms with E-state index in [9.17, 15) is 18.3 Å². The van der Waals surface area contributed by atoms with Crippen LogP contribution in [0.25, 0.3) is 27.6 Å². The fourth-order valence-corrected chi connectivity index (χ4v) is 6.21. The van der Waals surface area contributed by atoms with Gasteiger partial charge in [0.2, 0.25) is 15.7 Å². The summed E-state index contributed by atoms with van der Waals surface area (Å²) < 4.78 is 40.0. The number of para-hydroxylation sites is 1. The molecule has 0 bridgehead atoms. The average molecular weight is 572 g/mol. The van der Waals surface area contributed by atoms with Gasteiger partial charge in [0.15, 0.2) is 4.90 Å². The number of unbranched alkanes of at least 4 members (excludes halogenated alkanes) is 1. The highest BCUT2D eigenvalue weighted by Crippen LogP contribution is 2.38. The van der Waals surface area contributed by atoms with Gasteiger partial charge < -0.3 is 14.6 Å². The lowest BCUT2D eigenvalue weighted by Crippen LogP contribution is -2.25. The van der Waals surface area contributed by atoms with Gasteiger partial charge in [0.1, 0.15) is 23.0 Å². The zero-order valence-electron chi connectivity index (χ0n) is 22.9. The molecule has 10 heteroatoms. The van der Waals surface area contributed by atoms with Crippen LogP contribution in [-0.4, -0.2) is 42.3 Å². The molecule has 3 aromatic carbocycles. The van der Waals surface area contributed by atoms with E-state index >= 15 is 0 Å². The number of sulfone groups is 1. The zero-order valence-corrected chi connectivity index (χ0v) is 23.7. The first-order valence-electron chi connectivity index (χ1n) is 13.1. The Bertz CT molecular complexity index is 1870. The van der Waals surface area contributed by atoms with Crippen molar-refractivity contribution >= 4 is 20.6 Å². The predicted molar refractivity (Wildman–Crippen MR) is 156 cm³/mol. The Balaban J connectivity index is 1.68. The minimum atomic E-state index is -4.49. The lowest BCUT2D eigenvalue weighted by Gasteiger charge is -2.21. The average Bonchev–Trinajstić information content (AvgIpc) is 2.99. The van der Waals surface area contributed by atoms with Crippen molar-refractivity contribution in [3.8, 4) is 34.2 Å².